The van der Waals surface area contributed by atoms with Crippen molar-refractivity contribution in [1.82, 2.24) is 10.6 Å². The zero-order chi connectivity index (χ0) is 16.3. The molecule has 134 valence electrons. The van der Waals surface area contributed by atoms with Gasteiger partial charge in [0.25, 0.3) is 5.91 Å². The summed E-state index contributed by atoms with van der Waals surface area (Å²) in [6, 6.07) is 6.53. The molecule has 24 heavy (non-hydrogen) atoms. The molecule has 0 unspecified atom stereocenters. The molecule has 2 fully saturated rings. The van der Waals surface area contributed by atoms with Crippen LogP contribution in [0.4, 0.5) is 0 Å². The van der Waals surface area contributed by atoms with Gasteiger partial charge in [0.05, 0.1) is 10.1 Å². The SMILES string of the molecule is Cl.O=C(N[C@H]1CCCNC1)c1ccc(S(=O)(=O)C2CCCC2)cc1. The predicted octanol–water partition coefficient (Wildman–Crippen LogP) is 2.31. The molecule has 1 atom stereocenters. The zero-order valence-electron chi connectivity index (χ0n) is 13.7. The molecule has 7 heteroatoms. The van der Waals surface area contributed by atoms with E-state index in [2.05, 4.69) is 10.6 Å². The van der Waals surface area contributed by atoms with Crippen LogP contribution in [-0.4, -0.2) is 38.7 Å². The van der Waals surface area contributed by atoms with Crippen molar-refractivity contribution in [3.05, 3.63) is 29.8 Å². The summed E-state index contributed by atoms with van der Waals surface area (Å²) >= 11 is 0. The number of piperidine rings is 1. The highest BCUT2D eigenvalue weighted by Crippen LogP contribution is 2.29. The van der Waals surface area contributed by atoms with Crippen LogP contribution in [-0.2, 0) is 9.84 Å². The quantitative estimate of drug-likeness (QED) is 0.850. The van der Waals surface area contributed by atoms with Crippen molar-refractivity contribution in [2.75, 3.05) is 13.1 Å². The van der Waals surface area contributed by atoms with E-state index in [-0.39, 0.29) is 29.6 Å². The highest BCUT2D eigenvalue weighted by molar-refractivity contribution is 7.92. The molecule has 1 aliphatic heterocycles. The summed E-state index contributed by atoms with van der Waals surface area (Å²) in [4.78, 5) is 12.6. The predicted molar refractivity (Wildman–Crippen MR) is 96.5 cm³/mol. The third-order valence-electron chi connectivity index (χ3n) is 4.82. The minimum atomic E-state index is -3.25. The Kier molecular flexibility index (Phi) is 6.66. The van der Waals surface area contributed by atoms with Gasteiger partial charge in [0.15, 0.2) is 9.84 Å². The molecule has 0 radical (unpaired) electrons. The summed E-state index contributed by atoms with van der Waals surface area (Å²) in [5.41, 5.74) is 0.515. The highest BCUT2D eigenvalue weighted by atomic mass is 35.5. The molecule has 3 rings (SSSR count). The minimum Gasteiger partial charge on any atom is -0.348 e. The van der Waals surface area contributed by atoms with Crippen LogP contribution >= 0.6 is 12.4 Å². The summed E-state index contributed by atoms with van der Waals surface area (Å²) < 4.78 is 25.0. The lowest BCUT2D eigenvalue weighted by Gasteiger charge is -2.23. The van der Waals surface area contributed by atoms with Gasteiger partial charge in [0, 0.05) is 18.2 Å². The maximum atomic E-state index is 12.5. The van der Waals surface area contributed by atoms with Gasteiger partial charge in [-0.2, -0.15) is 0 Å². The van der Waals surface area contributed by atoms with Crippen molar-refractivity contribution in [2.24, 2.45) is 0 Å². The van der Waals surface area contributed by atoms with E-state index in [0.29, 0.717) is 10.5 Å². The summed E-state index contributed by atoms with van der Waals surface area (Å²) in [7, 11) is -3.25. The van der Waals surface area contributed by atoms with Crippen LogP contribution in [0.25, 0.3) is 0 Å². The molecular formula is C17H25ClN2O3S. The average molecular weight is 373 g/mol. The first-order chi connectivity index (χ1) is 11.1. The van der Waals surface area contributed by atoms with Gasteiger partial charge in [-0.3, -0.25) is 4.79 Å². The number of rotatable bonds is 4. The Morgan fingerprint density at radius 2 is 1.71 bits per heavy atom. The van der Waals surface area contributed by atoms with Gasteiger partial charge in [0.1, 0.15) is 0 Å². The number of hydrogen-bond acceptors (Lipinski definition) is 4. The largest absolute Gasteiger partial charge is 0.348 e. The third kappa shape index (κ3) is 4.29. The van der Waals surface area contributed by atoms with Crippen molar-refractivity contribution in [3.8, 4) is 0 Å². The van der Waals surface area contributed by atoms with Gasteiger partial charge in [-0.15, -0.1) is 12.4 Å². The van der Waals surface area contributed by atoms with Crippen molar-refractivity contribution >= 4 is 28.2 Å². The summed E-state index contributed by atoms with van der Waals surface area (Å²) in [6.07, 6.45) is 5.51. The van der Waals surface area contributed by atoms with Crippen LogP contribution in [0.1, 0.15) is 48.9 Å². The fourth-order valence-corrected chi connectivity index (χ4v) is 5.29. The molecule has 2 aliphatic rings. The lowest BCUT2D eigenvalue weighted by molar-refractivity contribution is 0.0930. The van der Waals surface area contributed by atoms with Gasteiger partial charge >= 0.3 is 0 Å². The Bertz CT molecular complexity index is 649. The molecule has 1 heterocycles. The Hall–Kier alpha value is -1.11. The number of nitrogens with one attached hydrogen (secondary N) is 2. The molecule has 0 spiro atoms. The van der Waals surface area contributed by atoms with Crippen LogP contribution in [0, 0.1) is 0 Å². The molecule has 1 aromatic rings. The topological polar surface area (TPSA) is 75.3 Å². The summed E-state index contributed by atoms with van der Waals surface area (Å²) in [5.74, 6) is -0.136. The summed E-state index contributed by atoms with van der Waals surface area (Å²) in [6.45, 7) is 1.79. The van der Waals surface area contributed by atoms with E-state index in [0.717, 1.165) is 51.6 Å². The molecule has 0 bridgehead atoms. The number of benzene rings is 1. The smallest absolute Gasteiger partial charge is 0.251 e. The fourth-order valence-electron chi connectivity index (χ4n) is 3.43. The fraction of sp³-hybridized carbons (Fsp3) is 0.588. The number of sulfone groups is 1. The lowest BCUT2D eigenvalue weighted by atomic mass is 10.1. The highest BCUT2D eigenvalue weighted by Gasteiger charge is 2.30. The second kappa shape index (κ2) is 8.32. The Balaban J connectivity index is 0.00000208. The number of halogens is 1. The monoisotopic (exact) mass is 372 g/mol. The van der Waals surface area contributed by atoms with Crippen LogP contribution < -0.4 is 10.6 Å². The van der Waals surface area contributed by atoms with Gasteiger partial charge in [0.2, 0.25) is 0 Å². The number of hydrogen-bond donors (Lipinski definition) is 2. The Labute approximate surface area is 149 Å². The van der Waals surface area contributed by atoms with E-state index in [9.17, 15) is 13.2 Å². The molecule has 1 amide bonds. The van der Waals surface area contributed by atoms with E-state index in [1.807, 2.05) is 0 Å². The molecule has 2 N–H and O–H groups in total. The molecule has 0 aromatic heterocycles. The maximum absolute atomic E-state index is 12.5. The first kappa shape index (κ1) is 19.2. The molecule has 1 saturated heterocycles. The van der Waals surface area contributed by atoms with E-state index in [1.54, 1.807) is 24.3 Å². The van der Waals surface area contributed by atoms with Crippen LogP contribution in [0.5, 0.6) is 0 Å². The number of carbonyl (C=O) groups is 1. The van der Waals surface area contributed by atoms with Gasteiger partial charge in [-0.25, -0.2) is 8.42 Å². The van der Waals surface area contributed by atoms with Crippen molar-refractivity contribution in [1.29, 1.82) is 0 Å². The van der Waals surface area contributed by atoms with Crippen molar-refractivity contribution < 1.29 is 13.2 Å². The zero-order valence-corrected chi connectivity index (χ0v) is 15.3. The van der Waals surface area contributed by atoms with Gasteiger partial charge in [-0.05, 0) is 56.5 Å². The second-order valence-electron chi connectivity index (χ2n) is 6.49. The third-order valence-corrected chi connectivity index (χ3v) is 7.10. The van der Waals surface area contributed by atoms with E-state index in [1.165, 1.54) is 0 Å². The van der Waals surface area contributed by atoms with Crippen molar-refractivity contribution in [3.63, 3.8) is 0 Å². The molecule has 1 aliphatic carbocycles. The lowest BCUT2D eigenvalue weighted by Crippen LogP contribution is -2.45. The number of carbonyl (C=O) groups excluding carboxylic acids is 1. The molecule has 1 aromatic carbocycles. The molecule has 5 nitrogen and oxygen atoms in total. The van der Waals surface area contributed by atoms with E-state index in [4.69, 9.17) is 0 Å². The van der Waals surface area contributed by atoms with Gasteiger partial charge < -0.3 is 10.6 Å². The minimum absolute atomic E-state index is 0. The van der Waals surface area contributed by atoms with Crippen LogP contribution in [0.3, 0.4) is 0 Å². The van der Waals surface area contributed by atoms with Crippen LogP contribution in [0.15, 0.2) is 29.2 Å². The van der Waals surface area contributed by atoms with Crippen LogP contribution in [0.2, 0.25) is 0 Å². The maximum Gasteiger partial charge on any atom is 0.251 e. The first-order valence-corrected chi connectivity index (χ1v) is 9.97. The summed E-state index contributed by atoms with van der Waals surface area (Å²) in [5, 5.41) is 6.00. The normalized spacial score (nSPS) is 21.9. The molecular weight excluding hydrogens is 348 g/mol. The average Bonchev–Trinajstić information content (AvgIpc) is 3.11. The van der Waals surface area contributed by atoms with E-state index < -0.39 is 9.84 Å². The van der Waals surface area contributed by atoms with Crippen molar-refractivity contribution in [2.45, 2.75) is 54.7 Å². The van der Waals surface area contributed by atoms with E-state index >= 15 is 0 Å². The Morgan fingerprint density at radius 1 is 1.04 bits per heavy atom. The second-order valence-corrected chi connectivity index (χ2v) is 8.72. The molecule has 1 saturated carbocycles. The van der Waals surface area contributed by atoms with Gasteiger partial charge in [-0.1, -0.05) is 12.8 Å². The first-order valence-electron chi connectivity index (χ1n) is 8.43. The standard InChI is InChI=1S/C17H24N2O3S.ClH/c20-17(19-14-4-3-11-18-12-14)13-7-9-16(10-8-13)23(21,22)15-5-1-2-6-15;/h7-10,14-15,18H,1-6,11-12H2,(H,19,20);1H/t14-;/m0./s1. The Morgan fingerprint density at radius 3 is 2.29 bits per heavy atom. The number of amides is 1.